The Bertz CT molecular complexity index is 120. The van der Waals surface area contributed by atoms with Gasteiger partial charge < -0.3 is 5.32 Å². The maximum absolute atomic E-state index is 3.74. The Morgan fingerprint density at radius 1 is 1.38 bits per heavy atom. The number of allylic oxidation sites excluding steroid dienone is 1. The van der Waals surface area contributed by atoms with Gasteiger partial charge in [0, 0.05) is 6.04 Å². The summed E-state index contributed by atoms with van der Waals surface area (Å²) in [6.45, 7) is 8.35. The van der Waals surface area contributed by atoms with Gasteiger partial charge in [-0.05, 0) is 38.6 Å². The molecule has 0 radical (unpaired) electrons. The van der Waals surface area contributed by atoms with E-state index in [1.165, 1.54) is 25.7 Å². The van der Waals surface area contributed by atoms with Crippen LogP contribution in [0.1, 0.15) is 46.0 Å². The SMILES string of the molecule is C=CCCCC(NC)C(C)CCC. The highest BCUT2D eigenvalue weighted by molar-refractivity contribution is 4.74. The molecule has 0 fully saturated rings. The van der Waals surface area contributed by atoms with Crippen LogP contribution in [0.25, 0.3) is 0 Å². The molecule has 0 bridgehead atoms. The molecule has 2 unspecified atom stereocenters. The minimum Gasteiger partial charge on any atom is -0.317 e. The maximum atomic E-state index is 3.74. The second kappa shape index (κ2) is 8.31. The molecule has 0 aliphatic heterocycles. The third-order valence-corrected chi connectivity index (χ3v) is 2.73. The van der Waals surface area contributed by atoms with E-state index in [1.54, 1.807) is 0 Å². The van der Waals surface area contributed by atoms with E-state index in [1.807, 2.05) is 6.08 Å². The van der Waals surface area contributed by atoms with Gasteiger partial charge in [0.15, 0.2) is 0 Å². The standard InChI is InChI=1S/C12H25N/c1-5-7-8-10-12(13-4)11(3)9-6-2/h5,11-13H,1,6-10H2,2-4H3. The van der Waals surface area contributed by atoms with Crippen molar-refractivity contribution in [3.63, 3.8) is 0 Å². The zero-order chi connectivity index (χ0) is 10.1. The fourth-order valence-electron chi connectivity index (χ4n) is 1.85. The molecule has 0 aromatic rings. The molecule has 0 heterocycles. The highest BCUT2D eigenvalue weighted by Crippen LogP contribution is 2.15. The van der Waals surface area contributed by atoms with E-state index >= 15 is 0 Å². The smallest absolute Gasteiger partial charge is 0.00898 e. The van der Waals surface area contributed by atoms with Crippen LogP contribution in [0, 0.1) is 5.92 Å². The first-order valence-corrected chi connectivity index (χ1v) is 5.54. The first kappa shape index (κ1) is 12.7. The van der Waals surface area contributed by atoms with Gasteiger partial charge in [-0.3, -0.25) is 0 Å². The molecule has 0 saturated carbocycles. The molecule has 0 aromatic heterocycles. The van der Waals surface area contributed by atoms with E-state index in [0.29, 0.717) is 6.04 Å². The van der Waals surface area contributed by atoms with Crippen LogP contribution in [0.2, 0.25) is 0 Å². The Morgan fingerprint density at radius 2 is 2.08 bits per heavy atom. The second-order valence-corrected chi connectivity index (χ2v) is 3.88. The van der Waals surface area contributed by atoms with Crippen molar-refractivity contribution in [2.24, 2.45) is 5.92 Å². The average molecular weight is 183 g/mol. The predicted octanol–water partition coefficient (Wildman–Crippen LogP) is 3.37. The number of rotatable bonds is 8. The quantitative estimate of drug-likeness (QED) is 0.449. The minimum atomic E-state index is 0.694. The lowest BCUT2D eigenvalue weighted by Crippen LogP contribution is -2.31. The van der Waals surface area contributed by atoms with Gasteiger partial charge in [0.2, 0.25) is 0 Å². The van der Waals surface area contributed by atoms with Gasteiger partial charge in [-0.15, -0.1) is 6.58 Å². The van der Waals surface area contributed by atoms with Crippen molar-refractivity contribution < 1.29 is 0 Å². The Kier molecular flexibility index (Phi) is 8.11. The predicted molar refractivity (Wildman–Crippen MR) is 61.0 cm³/mol. The molecule has 0 amide bonds. The lowest BCUT2D eigenvalue weighted by Gasteiger charge is -2.22. The molecular weight excluding hydrogens is 158 g/mol. The molecule has 0 aliphatic carbocycles. The summed E-state index contributed by atoms with van der Waals surface area (Å²) in [6, 6.07) is 0.694. The Balaban J connectivity index is 3.65. The fraction of sp³-hybridized carbons (Fsp3) is 0.833. The van der Waals surface area contributed by atoms with Crippen LogP contribution < -0.4 is 5.32 Å². The van der Waals surface area contributed by atoms with E-state index in [2.05, 4.69) is 32.8 Å². The molecule has 0 aliphatic rings. The van der Waals surface area contributed by atoms with Crippen LogP contribution in [0.4, 0.5) is 0 Å². The maximum Gasteiger partial charge on any atom is 0.00898 e. The molecule has 0 saturated heterocycles. The molecular formula is C12H25N. The van der Waals surface area contributed by atoms with Crippen molar-refractivity contribution >= 4 is 0 Å². The van der Waals surface area contributed by atoms with Gasteiger partial charge in [-0.2, -0.15) is 0 Å². The average Bonchev–Trinajstić information content (AvgIpc) is 2.13. The van der Waals surface area contributed by atoms with Gasteiger partial charge in [0.25, 0.3) is 0 Å². The lowest BCUT2D eigenvalue weighted by atomic mass is 9.93. The van der Waals surface area contributed by atoms with Gasteiger partial charge >= 0.3 is 0 Å². The van der Waals surface area contributed by atoms with Crippen molar-refractivity contribution in [3.8, 4) is 0 Å². The summed E-state index contributed by atoms with van der Waals surface area (Å²) in [4.78, 5) is 0. The van der Waals surface area contributed by atoms with Crippen molar-refractivity contribution in [2.45, 2.75) is 52.0 Å². The number of nitrogens with one attached hydrogen (secondary N) is 1. The van der Waals surface area contributed by atoms with Gasteiger partial charge in [-0.1, -0.05) is 26.3 Å². The number of hydrogen-bond donors (Lipinski definition) is 1. The minimum absolute atomic E-state index is 0.694. The summed E-state index contributed by atoms with van der Waals surface area (Å²) in [6.07, 6.45) is 8.33. The molecule has 13 heavy (non-hydrogen) atoms. The normalized spacial score (nSPS) is 15.3. The van der Waals surface area contributed by atoms with Crippen molar-refractivity contribution in [2.75, 3.05) is 7.05 Å². The molecule has 1 nitrogen and oxygen atoms in total. The van der Waals surface area contributed by atoms with E-state index in [4.69, 9.17) is 0 Å². The van der Waals surface area contributed by atoms with Gasteiger partial charge in [0.1, 0.15) is 0 Å². The van der Waals surface area contributed by atoms with Crippen LogP contribution in [-0.4, -0.2) is 13.1 Å². The second-order valence-electron chi connectivity index (χ2n) is 3.88. The molecule has 2 atom stereocenters. The summed E-state index contributed by atoms with van der Waals surface area (Å²) < 4.78 is 0. The first-order valence-electron chi connectivity index (χ1n) is 5.54. The molecule has 0 rings (SSSR count). The summed E-state index contributed by atoms with van der Waals surface area (Å²) in [5.41, 5.74) is 0. The first-order chi connectivity index (χ1) is 6.26. The Hall–Kier alpha value is -0.300. The molecule has 78 valence electrons. The highest BCUT2D eigenvalue weighted by Gasteiger charge is 2.13. The van der Waals surface area contributed by atoms with Crippen LogP contribution in [0.5, 0.6) is 0 Å². The Labute approximate surface area is 83.6 Å². The van der Waals surface area contributed by atoms with Crippen LogP contribution >= 0.6 is 0 Å². The van der Waals surface area contributed by atoms with Crippen LogP contribution in [0.3, 0.4) is 0 Å². The topological polar surface area (TPSA) is 12.0 Å². The van der Waals surface area contributed by atoms with Gasteiger partial charge in [0.05, 0.1) is 0 Å². The number of unbranched alkanes of at least 4 members (excludes halogenated alkanes) is 1. The van der Waals surface area contributed by atoms with E-state index in [0.717, 1.165) is 12.3 Å². The van der Waals surface area contributed by atoms with Crippen LogP contribution in [-0.2, 0) is 0 Å². The third kappa shape index (κ3) is 5.87. The summed E-state index contributed by atoms with van der Waals surface area (Å²) in [5.74, 6) is 0.805. The monoisotopic (exact) mass is 183 g/mol. The largest absolute Gasteiger partial charge is 0.317 e. The van der Waals surface area contributed by atoms with Crippen molar-refractivity contribution in [1.82, 2.24) is 5.32 Å². The van der Waals surface area contributed by atoms with E-state index in [9.17, 15) is 0 Å². The van der Waals surface area contributed by atoms with E-state index in [-0.39, 0.29) is 0 Å². The zero-order valence-electron chi connectivity index (χ0n) is 9.47. The summed E-state index contributed by atoms with van der Waals surface area (Å²) >= 11 is 0. The Morgan fingerprint density at radius 3 is 2.54 bits per heavy atom. The number of hydrogen-bond acceptors (Lipinski definition) is 1. The van der Waals surface area contributed by atoms with Gasteiger partial charge in [-0.25, -0.2) is 0 Å². The highest BCUT2D eigenvalue weighted by atomic mass is 14.9. The zero-order valence-corrected chi connectivity index (χ0v) is 9.47. The summed E-state index contributed by atoms with van der Waals surface area (Å²) in [7, 11) is 2.07. The van der Waals surface area contributed by atoms with Crippen LogP contribution in [0.15, 0.2) is 12.7 Å². The van der Waals surface area contributed by atoms with Crippen molar-refractivity contribution in [3.05, 3.63) is 12.7 Å². The molecule has 1 N–H and O–H groups in total. The lowest BCUT2D eigenvalue weighted by molar-refractivity contribution is 0.350. The van der Waals surface area contributed by atoms with E-state index < -0.39 is 0 Å². The molecule has 1 heteroatoms. The summed E-state index contributed by atoms with van der Waals surface area (Å²) in [5, 5.41) is 3.41. The molecule has 0 aromatic carbocycles. The van der Waals surface area contributed by atoms with Crippen molar-refractivity contribution in [1.29, 1.82) is 0 Å². The third-order valence-electron chi connectivity index (χ3n) is 2.73. The molecule has 0 spiro atoms. The fourth-order valence-corrected chi connectivity index (χ4v) is 1.85.